The molecule has 1 atom stereocenters. The smallest absolute Gasteiger partial charge is 0.186 e. The zero-order valence-electron chi connectivity index (χ0n) is 15.9. The summed E-state index contributed by atoms with van der Waals surface area (Å²) in [6.07, 6.45) is 3.38. The molecular formula is C22H17FN2O3S2. The summed E-state index contributed by atoms with van der Waals surface area (Å²) in [7, 11) is 1.53. The van der Waals surface area contributed by atoms with Crippen LogP contribution < -0.4 is 9.47 Å². The molecule has 0 spiro atoms. The number of ether oxygens (including phenoxy) is 2. The van der Waals surface area contributed by atoms with E-state index >= 15 is 0 Å². The molecule has 1 N–H and O–H groups in total. The lowest BCUT2D eigenvalue weighted by Crippen LogP contribution is -2.11. The van der Waals surface area contributed by atoms with Gasteiger partial charge in [-0.3, -0.25) is 10.2 Å². The minimum Gasteiger partial charge on any atom is -0.493 e. The van der Waals surface area contributed by atoms with Gasteiger partial charge < -0.3 is 9.47 Å². The second kappa shape index (κ2) is 8.81. The Hall–Kier alpha value is -2.97. The molecule has 0 bridgehead atoms. The minimum absolute atomic E-state index is 0.120. The molecule has 1 aliphatic rings. The van der Waals surface area contributed by atoms with E-state index in [1.807, 2.05) is 6.07 Å². The second-order valence-electron chi connectivity index (χ2n) is 6.47. The average molecular weight is 441 g/mol. The zero-order chi connectivity index (χ0) is 21.1. The number of benzene rings is 2. The lowest BCUT2D eigenvalue weighted by molar-refractivity contribution is -0.114. The third-order valence-corrected chi connectivity index (χ3v) is 6.29. The second-order valence-corrected chi connectivity index (χ2v) is 8.48. The summed E-state index contributed by atoms with van der Waals surface area (Å²) < 4.78 is 24.5. The van der Waals surface area contributed by atoms with Crippen molar-refractivity contribution in [2.45, 2.75) is 12.5 Å². The molecule has 0 aliphatic carbocycles. The van der Waals surface area contributed by atoms with Gasteiger partial charge in [0.1, 0.15) is 23.3 Å². The number of methoxy groups -OCH3 is 1. The van der Waals surface area contributed by atoms with Gasteiger partial charge in [0.2, 0.25) is 0 Å². The van der Waals surface area contributed by atoms with Crippen LogP contribution in [0.1, 0.15) is 22.1 Å². The molecule has 1 aromatic heterocycles. The normalized spacial score (nSPS) is 17.5. The van der Waals surface area contributed by atoms with Gasteiger partial charge in [-0.1, -0.05) is 30.0 Å². The fraction of sp³-hybridized carbons (Fsp3) is 0.136. The van der Waals surface area contributed by atoms with Gasteiger partial charge in [-0.15, -0.1) is 11.3 Å². The number of nitrogens with one attached hydrogen (secondary N) is 1. The van der Waals surface area contributed by atoms with Crippen molar-refractivity contribution in [1.82, 2.24) is 4.98 Å². The molecule has 5 nitrogen and oxygen atoms in total. The zero-order valence-corrected chi connectivity index (χ0v) is 17.6. The Morgan fingerprint density at radius 2 is 2.10 bits per heavy atom. The number of rotatable bonds is 6. The minimum atomic E-state index is -0.614. The van der Waals surface area contributed by atoms with Crippen LogP contribution in [0, 0.1) is 11.2 Å². The van der Waals surface area contributed by atoms with Crippen molar-refractivity contribution in [3.05, 3.63) is 80.9 Å². The predicted octanol–water partition coefficient (Wildman–Crippen LogP) is 5.29. The fourth-order valence-corrected chi connectivity index (χ4v) is 4.83. The standard InChI is InChI=1S/C22H17FN2O3S2/c1-27-17-10-13(5-6-16(17)28-12-14-3-2-4-15(23)9-14)11-18-20(26)19(21(24)30-18)22-25-7-8-29-22/h2-11,19,24H,12H2,1H3. The fourth-order valence-electron chi connectivity index (χ4n) is 3.02. The third-order valence-electron chi connectivity index (χ3n) is 4.45. The van der Waals surface area contributed by atoms with Crippen molar-refractivity contribution in [1.29, 1.82) is 5.41 Å². The number of thiazole rings is 1. The first kappa shape index (κ1) is 20.3. The Morgan fingerprint density at radius 1 is 1.23 bits per heavy atom. The monoisotopic (exact) mass is 440 g/mol. The van der Waals surface area contributed by atoms with Gasteiger partial charge in [0.15, 0.2) is 17.3 Å². The van der Waals surface area contributed by atoms with Crippen molar-refractivity contribution in [2.24, 2.45) is 0 Å². The van der Waals surface area contributed by atoms with Crippen LogP contribution in [0.25, 0.3) is 6.08 Å². The van der Waals surface area contributed by atoms with Crippen LogP contribution in [0.3, 0.4) is 0 Å². The van der Waals surface area contributed by atoms with Crippen LogP contribution in [0.15, 0.2) is 58.9 Å². The van der Waals surface area contributed by atoms with Gasteiger partial charge >= 0.3 is 0 Å². The van der Waals surface area contributed by atoms with Gasteiger partial charge in [-0.05, 0) is 41.5 Å². The highest BCUT2D eigenvalue weighted by atomic mass is 32.2. The SMILES string of the molecule is COc1cc(C=C2SC(=N)C(c3nccs3)C2=O)ccc1OCc1cccc(F)c1. The number of hydrogen-bond acceptors (Lipinski definition) is 7. The highest BCUT2D eigenvalue weighted by molar-refractivity contribution is 8.19. The summed E-state index contributed by atoms with van der Waals surface area (Å²) in [4.78, 5) is 17.5. The molecule has 4 rings (SSSR count). The van der Waals surface area contributed by atoms with Crippen molar-refractivity contribution in [3.63, 3.8) is 0 Å². The first-order valence-electron chi connectivity index (χ1n) is 9.02. The Bertz CT molecular complexity index is 1130. The van der Waals surface area contributed by atoms with Crippen molar-refractivity contribution in [3.8, 4) is 11.5 Å². The van der Waals surface area contributed by atoms with Crippen LogP contribution in [-0.4, -0.2) is 22.9 Å². The molecule has 8 heteroatoms. The Balaban J connectivity index is 1.53. The Labute approximate surface area is 181 Å². The molecule has 1 aliphatic heterocycles. The summed E-state index contributed by atoms with van der Waals surface area (Å²) in [6.45, 7) is 0.204. The molecule has 0 amide bonds. The van der Waals surface area contributed by atoms with Crippen LogP contribution >= 0.6 is 23.1 Å². The van der Waals surface area contributed by atoms with Gasteiger partial charge in [-0.25, -0.2) is 9.37 Å². The largest absolute Gasteiger partial charge is 0.493 e. The van der Waals surface area contributed by atoms with Crippen molar-refractivity contribution < 1.29 is 18.7 Å². The number of allylic oxidation sites excluding steroid dienone is 1. The van der Waals surface area contributed by atoms with Crippen LogP contribution in [0.5, 0.6) is 11.5 Å². The number of carbonyl (C=O) groups excluding carboxylic acids is 1. The summed E-state index contributed by atoms with van der Waals surface area (Å²) in [5, 5.41) is 10.9. The highest BCUT2D eigenvalue weighted by Crippen LogP contribution is 2.41. The number of thioether (sulfide) groups is 1. The van der Waals surface area contributed by atoms with E-state index in [2.05, 4.69) is 4.98 Å². The van der Waals surface area contributed by atoms with Crippen LogP contribution in [0.2, 0.25) is 0 Å². The molecule has 1 unspecified atom stereocenters. The number of carbonyl (C=O) groups is 1. The van der Waals surface area contributed by atoms with E-state index in [0.717, 1.165) is 17.3 Å². The highest BCUT2D eigenvalue weighted by Gasteiger charge is 2.38. The average Bonchev–Trinajstić information content (AvgIpc) is 3.35. The van der Waals surface area contributed by atoms with E-state index in [9.17, 15) is 9.18 Å². The quantitative estimate of drug-likeness (QED) is 0.528. The predicted molar refractivity (Wildman–Crippen MR) is 117 cm³/mol. The lowest BCUT2D eigenvalue weighted by Gasteiger charge is -2.11. The van der Waals surface area contributed by atoms with Crippen LogP contribution in [-0.2, 0) is 11.4 Å². The molecule has 0 radical (unpaired) electrons. The number of nitrogens with zero attached hydrogens (tertiary/aromatic N) is 1. The number of Topliss-reactive ketones (excluding diaryl/α,β-unsaturated/α-hetero) is 1. The van der Waals surface area contributed by atoms with Gasteiger partial charge in [0.25, 0.3) is 0 Å². The van der Waals surface area contributed by atoms with E-state index in [1.54, 1.807) is 41.9 Å². The molecule has 1 saturated heterocycles. The summed E-state index contributed by atoms with van der Waals surface area (Å²) in [5.41, 5.74) is 1.47. The maximum Gasteiger partial charge on any atom is 0.186 e. The maximum atomic E-state index is 13.3. The third kappa shape index (κ3) is 4.29. The molecule has 1 fully saturated rings. The molecular weight excluding hydrogens is 423 g/mol. The number of halogens is 1. The number of ketones is 1. The molecule has 152 valence electrons. The van der Waals surface area contributed by atoms with Crippen LogP contribution in [0.4, 0.5) is 4.39 Å². The topological polar surface area (TPSA) is 72.3 Å². The first-order chi connectivity index (χ1) is 14.5. The Morgan fingerprint density at radius 3 is 2.83 bits per heavy atom. The first-order valence-corrected chi connectivity index (χ1v) is 10.7. The van der Waals surface area contributed by atoms with E-state index in [-0.39, 0.29) is 23.3 Å². The molecule has 3 aromatic rings. The lowest BCUT2D eigenvalue weighted by atomic mass is 10.0. The molecule has 30 heavy (non-hydrogen) atoms. The van der Waals surface area contributed by atoms with E-state index in [4.69, 9.17) is 14.9 Å². The Kier molecular flexibility index (Phi) is 5.96. The molecule has 0 saturated carbocycles. The maximum absolute atomic E-state index is 13.3. The summed E-state index contributed by atoms with van der Waals surface area (Å²) in [5.74, 6) is -0.0294. The molecule has 2 aromatic carbocycles. The van der Waals surface area contributed by atoms with Gasteiger partial charge in [0.05, 0.1) is 17.1 Å². The number of hydrogen-bond donors (Lipinski definition) is 1. The van der Waals surface area contributed by atoms with E-state index < -0.39 is 5.92 Å². The number of aromatic nitrogens is 1. The van der Waals surface area contributed by atoms with Gasteiger partial charge in [0, 0.05) is 11.6 Å². The molecule has 2 heterocycles. The van der Waals surface area contributed by atoms with E-state index in [1.165, 1.54) is 30.6 Å². The van der Waals surface area contributed by atoms with E-state index in [0.29, 0.717) is 27.0 Å². The van der Waals surface area contributed by atoms with Gasteiger partial charge in [-0.2, -0.15) is 0 Å². The summed E-state index contributed by atoms with van der Waals surface area (Å²) >= 11 is 2.53. The van der Waals surface area contributed by atoms with Crippen molar-refractivity contribution in [2.75, 3.05) is 7.11 Å². The van der Waals surface area contributed by atoms with Crippen molar-refractivity contribution >= 4 is 40.0 Å². The summed E-state index contributed by atoms with van der Waals surface area (Å²) in [6, 6.07) is 11.5.